The van der Waals surface area contributed by atoms with Gasteiger partial charge in [0.05, 0.1) is 6.61 Å². The van der Waals surface area contributed by atoms with Crippen LogP contribution in [0.5, 0.6) is 0 Å². The van der Waals surface area contributed by atoms with Gasteiger partial charge < -0.3 is 4.74 Å². The number of thiophene rings is 1. The quantitative estimate of drug-likeness (QED) is 0.739. The first-order chi connectivity index (χ1) is 5.31. The summed E-state index contributed by atoms with van der Waals surface area (Å²) in [5.41, 5.74) is 0. The minimum absolute atomic E-state index is 0.431. The Labute approximate surface area is 78.3 Å². The fraction of sp³-hybridized carbons (Fsp3) is 0.286. The molecule has 0 aliphatic carbocycles. The molecule has 1 aromatic heterocycles. The molecule has 0 radical (unpaired) electrons. The zero-order chi connectivity index (χ0) is 8.53. The summed E-state index contributed by atoms with van der Waals surface area (Å²) in [6, 6.07) is 2.02. The number of ether oxygens (including phenoxy) is 1. The number of hydrogen-bond acceptors (Lipinski definition) is 3. The maximum absolute atomic E-state index is 9.18. The van der Waals surface area contributed by atoms with E-state index in [1.165, 1.54) is 4.47 Å². The molecule has 1 aromatic rings. The molecule has 1 rings (SSSR count). The Morgan fingerprint density at radius 2 is 2.55 bits per heavy atom. The molecule has 0 aliphatic rings. The molecule has 2 nitrogen and oxygen atoms in total. The third-order valence-corrected chi connectivity index (χ3v) is 2.20. The summed E-state index contributed by atoms with van der Waals surface area (Å²) in [7, 11) is 0. The maximum atomic E-state index is 9.18. The normalized spacial score (nSPS) is 7.82. The Morgan fingerprint density at radius 3 is 2.64 bits per heavy atom. The molecule has 0 unspecified atom stereocenters. The van der Waals surface area contributed by atoms with Crippen molar-refractivity contribution in [3.8, 4) is 0 Å². The lowest BCUT2D eigenvalue weighted by atomic mass is 10.7. The van der Waals surface area contributed by atoms with Crippen molar-refractivity contribution in [2.45, 2.75) is 6.92 Å². The topological polar surface area (TPSA) is 26.3 Å². The van der Waals surface area contributed by atoms with Gasteiger partial charge in [0.25, 0.3) is 6.47 Å². The molecule has 0 aromatic carbocycles. The summed E-state index contributed by atoms with van der Waals surface area (Å²) in [5, 5.41) is 4.07. The van der Waals surface area contributed by atoms with Crippen LogP contribution in [0.3, 0.4) is 0 Å². The Morgan fingerprint density at radius 1 is 1.82 bits per heavy atom. The SMILES string of the molecule is Brc1ccsc1.CCOC=O. The van der Waals surface area contributed by atoms with Crippen molar-refractivity contribution >= 4 is 33.7 Å². The van der Waals surface area contributed by atoms with Crippen LogP contribution in [0.25, 0.3) is 0 Å². The van der Waals surface area contributed by atoms with Crippen LogP contribution in [0.4, 0.5) is 0 Å². The van der Waals surface area contributed by atoms with Gasteiger partial charge in [-0.1, -0.05) is 0 Å². The molecule has 1 heterocycles. The van der Waals surface area contributed by atoms with Crippen LogP contribution < -0.4 is 0 Å². The standard InChI is InChI=1S/C4H3BrS.C3H6O2/c5-4-1-2-6-3-4;1-2-5-3-4/h1-3H;3H,2H2,1H3. The van der Waals surface area contributed by atoms with Crippen LogP contribution in [-0.4, -0.2) is 13.1 Å². The maximum Gasteiger partial charge on any atom is 0.293 e. The van der Waals surface area contributed by atoms with E-state index in [1.54, 1.807) is 18.3 Å². The molecule has 0 saturated heterocycles. The second kappa shape index (κ2) is 7.75. The summed E-state index contributed by atoms with van der Waals surface area (Å²) < 4.78 is 5.33. The Bertz CT molecular complexity index is 175. The average molecular weight is 237 g/mol. The van der Waals surface area contributed by atoms with Gasteiger partial charge >= 0.3 is 0 Å². The molecule has 0 N–H and O–H groups in total. The van der Waals surface area contributed by atoms with Crippen LogP contribution in [-0.2, 0) is 9.53 Å². The second-order valence-electron chi connectivity index (χ2n) is 1.49. The van der Waals surface area contributed by atoms with Crippen molar-refractivity contribution in [2.75, 3.05) is 6.61 Å². The van der Waals surface area contributed by atoms with Crippen LogP contribution in [0.2, 0.25) is 0 Å². The highest BCUT2D eigenvalue weighted by atomic mass is 79.9. The average Bonchev–Trinajstić information content (AvgIpc) is 2.43. The van der Waals surface area contributed by atoms with Gasteiger partial charge in [-0.15, -0.1) is 0 Å². The molecule has 0 saturated carbocycles. The van der Waals surface area contributed by atoms with E-state index in [-0.39, 0.29) is 0 Å². The van der Waals surface area contributed by atoms with E-state index in [2.05, 4.69) is 20.7 Å². The highest BCUT2D eigenvalue weighted by Crippen LogP contribution is 2.11. The molecule has 0 spiro atoms. The van der Waals surface area contributed by atoms with Crippen molar-refractivity contribution in [3.63, 3.8) is 0 Å². The third-order valence-electron chi connectivity index (χ3n) is 0.721. The number of carbonyl (C=O) groups is 1. The van der Waals surface area contributed by atoms with Gasteiger partial charge in [-0.05, 0) is 34.3 Å². The van der Waals surface area contributed by atoms with Gasteiger partial charge in [0, 0.05) is 9.85 Å². The Hall–Kier alpha value is -0.350. The van der Waals surface area contributed by atoms with Crippen LogP contribution in [0, 0.1) is 0 Å². The number of carbonyl (C=O) groups excluding carboxylic acids is 1. The summed E-state index contributed by atoms with van der Waals surface area (Å²) in [6.07, 6.45) is 0. The molecule has 0 amide bonds. The molecule has 11 heavy (non-hydrogen) atoms. The van der Waals surface area contributed by atoms with E-state index in [0.29, 0.717) is 13.1 Å². The first-order valence-electron chi connectivity index (χ1n) is 3.04. The predicted octanol–water partition coefficient (Wildman–Crippen LogP) is 2.69. The fourth-order valence-corrected chi connectivity index (χ4v) is 1.46. The van der Waals surface area contributed by atoms with Gasteiger partial charge in [0.15, 0.2) is 0 Å². The molecular formula is C7H9BrO2S. The lowest BCUT2D eigenvalue weighted by Gasteiger charge is -1.79. The van der Waals surface area contributed by atoms with Crippen molar-refractivity contribution in [2.24, 2.45) is 0 Å². The van der Waals surface area contributed by atoms with Crippen LogP contribution >= 0.6 is 27.3 Å². The highest BCUT2D eigenvalue weighted by Gasteiger charge is 1.77. The number of rotatable bonds is 2. The fourth-order valence-electron chi connectivity index (χ4n) is 0.316. The number of halogens is 1. The first kappa shape index (κ1) is 10.7. The monoisotopic (exact) mass is 236 g/mol. The molecule has 62 valence electrons. The van der Waals surface area contributed by atoms with E-state index in [1.807, 2.05) is 16.8 Å². The van der Waals surface area contributed by atoms with Crippen molar-refractivity contribution in [1.29, 1.82) is 0 Å². The van der Waals surface area contributed by atoms with Crippen molar-refractivity contribution < 1.29 is 9.53 Å². The molecule has 0 bridgehead atoms. The smallest absolute Gasteiger partial charge is 0.293 e. The summed E-state index contributed by atoms with van der Waals surface area (Å²) in [5.74, 6) is 0. The summed E-state index contributed by atoms with van der Waals surface area (Å²) >= 11 is 4.98. The van der Waals surface area contributed by atoms with E-state index in [0.717, 1.165) is 0 Å². The van der Waals surface area contributed by atoms with Gasteiger partial charge in [-0.2, -0.15) is 11.3 Å². The summed E-state index contributed by atoms with van der Waals surface area (Å²) in [4.78, 5) is 9.18. The Kier molecular flexibility index (Phi) is 7.51. The third kappa shape index (κ3) is 7.55. The van der Waals surface area contributed by atoms with Gasteiger partial charge in [0.1, 0.15) is 0 Å². The van der Waals surface area contributed by atoms with E-state index < -0.39 is 0 Å². The lowest BCUT2D eigenvalue weighted by molar-refractivity contribution is -0.128. The molecule has 0 aliphatic heterocycles. The Balaban J connectivity index is 0.000000187. The van der Waals surface area contributed by atoms with Crippen LogP contribution in [0.15, 0.2) is 21.3 Å². The van der Waals surface area contributed by atoms with E-state index >= 15 is 0 Å². The van der Waals surface area contributed by atoms with Crippen molar-refractivity contribution in [1.82, 2.24) is 0 Å². The second-order valence-corrected chi connectivity index (χ2v) is 3.19. The van der Waals surface area contributed by atoms with Gasteiger partial charge in [-0.3, -0.25) is 4.79 Å². The predicted molar refractivity (Wildman–Crippen MR) is 49.7 cm³/mol. The van der Waals surface area contributed by atoms with E-state index in [4.69, 9.17) is 0 Å². The largest absolute Gasteiger partial charge is 0.468 e. The zero-order valence-electron chi connectivity index (χ0n) is 6.12. The van der Waals surface area contributed by atoms with Gasteiger partial charge in [-0.25, -0.2) is 0 Å². The molecule has 4 heteroatoms. The lowest BCUT2D eigenvalue weighted by Crippen LogP contribution is -1.80. The van der Waals surface area contributed by atoms with Crippen LogP contribution in [0.1, 0.15) is 6.92 Å². The minimum Gasteiger partial charge on any atom is -0.468 e. The summed E-state index contributed by atoms with van der Waals surface area (Å²) in [6.45, 7) is 2.66. The molecular weight excluding hydrogens is 228 g/mol. The molecule has 0 atom stereocenters. The zero-order valence-corrected chi connectivity index (χ0v) is 8.52. The van der Waals surface area contributed by atoms with E-state index in [9.17, 15) is 4.79 Å². The first-order valence-corrected chi connectivity index (χ1v) is 4.77. The minimum atomic E-state index is 0.431. The van der Waals surface area contributed by atoms with Crippen molar-refractivity contribution in [3.05, 3.63) is 21.3 Å². The highest BCUT2D eigenvalue weighted by molar-refractivity contribution is 9.10. The van der Waals surface area contributed by atoms with Gasteiger partial charge in [0.2, 0.25) is 0 Å². The number of hydrogen-bond donors (Lipinski definition) is 0. The molecule has 0 fully saturated rings.